The number of terminal acetylenes is 1. The Balaban J connectivity index is 3.12. The first-order valence-electron chi connectivity index (χ1n) is 3.37. The minimum absolute atomic E-state index is 0.460. The van der Waals surface area contributed by atoms with Gasteiger partial charge in [-0.15, -0.1) is 6.42 Å². The average molecular weight is 163 g/mol. The van der Waals surface area contributed by atoms with Crippen LogP contribution in [0, 0.1) is 12.3 Å². The molecule has 1 aromatic rings. The normalized spacial score (nSPS) is 8.75. The van der Waals surface area contributed by atoms with Crippen LogP contribution in [0.4, 0.5) is 0 Å². The second-order valence-electron chi connectivity index (χ2n) is 2.08. The molecule has 1 aromatic heterocycles. The van der Waals surface area contributed by atoms with Crippen LogP contribution in [0.1, 0.15) is 5.69 Å². The molecule has 0 spiro atoms. The molecular formula is C9H9NO2. The number of hydrogen-bond acceptors (Lipinski definition) is 3. The Hall–Kier alpha value is -1.69. The summed E-state index contributed by atoms with van der Waals surface area (Å²) in [7, 11) is 3.09. The molecule has 0 amide bonds. The van der Waals surface area contributed by atoms with E-state index in [1.54, 1.807) is 19.2 Å². The van der Waals surface area contributed by atoms with E-state index in [-0.39, 0.29) is 0 Å². The lowest BCUT2D eigenvalue weighted by molar-refractivity contribution is 0.382. The van der Waals surface area contributed by atoms with Crippen molar-refractivity contribution >= 4 is 0 Å². The van der Waals surface area contributed by atoms with Crippen molar-refractivity contribution in [1.82, 2.24) is 4.98 Å². The van der Waals surface area contributed by atoms with Crippen LogP contribution in [-0.4, -0.2) is 19.2 Å². The summed E-state index contributed by atoms with van der Waals surface area (Å²) in [4.78, 5) is 3.98. The maximum absolute atomic E-state index is 5.17. The van der Waals surface area contributed by atoms with Crippen LogP contribution in [0.15, 0.2) is 12.1 Å². The van der Waals surface area contributed by atoms with Crippen molar-refractivity contribution in [2.24, 2.45) is 0 Å². The van der Waals surface area contributed by atoms with E-state index in [2.05, 4.69) is 10.9 Å². The zero-order chi connectivity index (χ0) is 8.97. The van der Waals surface area contributed by atoms with Gasteiger partial charge in [0.1, 0.15) is 11.4 Å². The highest BCUT2D eigenvalue weighted by Gasteiger charge is 1.99. The molecule has 0 saturated heterocycles. The highest BCUT2D eigenvalue weighted by atomic mass is 16.5. The topological polar surface area (TPSA) is 31.4 Å². The minimum atomic E-state index is 0.460. The number of methoxy groups -OCH3 is 2. The second kappa shape index (κ2) is 3.63. The number of rotatable bonds is 2. The number of nitrogens with zero attached hydrogens (tertiary/aromatic N) is 1. The lowest BCUT2D eigenvalue weighted by Gasteiger charge is -2.03. The van der Waals surface area contributed by atoms with Gasteiger partial charge in [-0.05, 0) is 5.92 Å². The van der Waals surface area contributed by atoms with Crippen molar-refractivity contribution in [2.75, 3.05) is 14.2 Å². The Labute approximate surface area is 71.3 Å². The lowest BCUT2D eigenvalue weighted by Crippen LogP contribution is -1.92. The van der Waals surface area contributed by atoms with Gasteiger partial charge in [-0.2, -0.15) is 0 Å². The van der Waals surface area contributed by atoms with Crippen molar-refractivity contribution in [1.29, 1.82) is 0 Å². The highest BCUT2D eigenvalue weighted by Crippen LogP contribution is 2.17. The summed E-state index contributed by atoms with van der Waals surface area (Å²) < 4.78 is 9.90. The van der Waals surface area contributed by atoms with Gasteiger partial charge < -0.3 is 9.47 Å². The molecule has 1 heterocycles. The van der Waals surface area contributed by atoms with Gasteiger partial charge in [0, 0.05) is 12.1 Å². The molecule has 0 aliphatic rings. The Bertz CT molecular complexity index is 293. The van der Waals surface area contributed by atoms with Crippen molar-refractivity contribution < 1.29 is 9.47 Å². The Morgan fingerprint density at radius 3 is 2.58 bits per heavy atom. The van der Waals surface area contributed by atoms with Gasteiger partial charge in [-0.25, -0.2) is 4.98 Å². The molecule has 0 aromatic carbocycles. The van der Waals surface area contributed by atoms with Gasteiger partial charge in [0.05, 0.1) is 14.2 Å². The number of ether oxygens (including phenoxy) is 2. The Morgan fingerprint density at radius 2 is 2.08 bits per heavy atom. The summed E-state index contributed by atoms with van der Waals surface area (Å²) in [6.45, 7) is 0. The molecular weight excluding hydrogens is 154 g/mol. The van der Waals surface area contributed by atoms with Crippen LogP contribution in [-0.2, 0) is 0 Å². The zero-order valence-corrected chi connectivity index (χ0v) is 7.00. The summed E-state index contributed by atoms with van der Waals surface area (Å²) in [6, 6.07) is 3.34. The number of hydrogen-bond donors (Lipinski definition) is 0. The second-order valence-corrected chi connectivity index (χ2v) is 2.08. The fourth-order valence-corrected chi connectivity index (χ4v) is 0.778. The van der Waals surface area contributed by atoms with Gasteiger partial charge in [-0.1, -0.05) is 0 Å². The zero-order valence-electron chi connectivity index (χ0n) is 7.00. The summed E-state index contributed by atoms with van der Waals surface area (Å²) >= 11 is 0. The van der Waals surface area contributed by atoms with Crippen molar-refractivity contribution in [3.8, 4) is 24.0 Å². The van der Waals surface area contributed by atoms with Crippen LogP contribution in [0.2, 0.25) is 0 Å². The van der Waals surface area contributed by atoms with E-state index in [0.717, 1.165) is 0 Å². The molecule has 0 atom stereocenters. The standard InChI is InChI=1S/C9H9NO2/c1-4-7-5-8(11-2)6-9(10-7)12-3/h1,5-6H,2-3H3. The molecule has 0 fully saturated rings. The lowest BCUT2D eigenvalue weighted by atomic mass is 10.3. The molecule has 62 valence electrons. The predicted molar refractivity (Wildman–Crippen MR) is 45.3 cm³/mol. The average Bonchev–Trinajstić information content (AvgIpc) is 2.16. The molecule has 0 bridgehead atoms. The Kier molecular flexibility index (Phi) is 2.54. The van der Waals surface area contributed by atoms with Gasteiger partial charge >= 0.3 is 0 Å². The quantitative estimate of drug-likeness (QED) is 0.611. The largest absolute Gasteiger partial charge is 0.496 e. The smallest absolute Gasteiger partial charge is 0.217 e. The molecule has 0 N–H and O–H groups in total. The van der Waals surface area contributed by atoms with E-state index in [4.69, 9.17) is 15.9 Å². The van der Waals surface area contributed by atoms with E-state index in [1.807, 2.05) is 0 Å². The van der Waals surface area contributed by atoms with E-state index >= 15 is 0 Å². The first kappa shape index (κ1) is 8.41. The fraction of sp³-hybridized carbons (Fsp3) is 0.222. The van der Waals surface area contributed by atoms with E-state index in [1.165, 1.54) is 7.11 Å². The summed E-state index contributed by atoms with van der Waals surface area (Å²) in [5, 5.41) is 0. The number of aromatic nitrogens is 1. The van der Waals surface area contributed by atoms with Crippen molar-refractivity contribution in [2.45, 2.75) is 0 Å². The summed E-state index contributed by atoms with van der Waals surface area (Å²) in [6.07, 6.45) is 5.17. The van der Waals surface area contributed by atoms with Gasteiger partial charge in [0.25, 0.3) is 0 Å². The third-order valence-electron chi connectivity index (χ3n) is 1.37. The van der Waals surface area contributed by atoms with Crippen molar-refractivity contribution in [3.63, 3.8) is 0 Å². The number of pyridine rings is 1. The Morgan fingerprint density at radius 1 is 1.33 bits per heavy atom. The third-order valence-corrected chi connectivity index (χ3v) is 1.37. The molecule has 0 aliphatic heterocycles. The molecule has 3 nitrogen and oxygen atoms in total. The van der Waals surface area contributed by atoms with Crippen LogP contribution >= 0.6 is 0 Å². The van der Waals surface area contributed by atoms with Crippen molar-refractivity contribution in [3.05, 3.63) is 17.8 Å². The first-order valence-corrected chi connectivity index (χ1v) is 3.37. The van der Waals surface area contributed by atoms with Crippen LogP contribution in [0.25, 0.3) is 0 Å². The van der Waals surface area contributed by atoms with Crippen LogP contribution < -0.4 is 9.47 Å². The fourth-order valence-electron chi connectivity index (χ4n) is 0.778. The monoisotopic (exact) mass is 163 g/mol. The van der Waals surface area contributed by atoms with Gasteiger partial charge in [-0.3, -0.25) is 0 Å². The molecule has 1 rings (SSSR count). The molecule has 12 heavy (non-hydrogen) atoms. The summed E-state index contributed by atoms with van der Waals surface area (Å²) in [5.41, 5.74) is 0.506. The maximum Gasteiger partial charge on any atom is 0.217 e. The third kappa shape index (κ3) is 1.67. The minimum Gasteiger partial charge on any atom is -0.496 e. The van der Waals surface area contributed by atoms with E-state index < -0.39 is 0 Å². The van der Waals surface area contributed by atoms with Gasteiger partial charge in [0.2, 0.25) is 5.88 Å². The summed E-state index contributed by atoms with van der Waals surface area (Å²) in [5.74, 6) is 3.51. The predicted octanol–water partition coefficient (Wildman–Crippen LogP) is 1.08. The van der Waals surface area contributed by atoms with E-state index in [0.29, 0.717) is 17.3 Å². The first-order chi connectivity index (χ1) is 5.80. The maximum atomic E-state index is 5.17. The SMILES string of the molecule is C#Cc1cc(OC)cc(OC)n1. The van der Waals surface area contributed by atoms with Gasteiger partial charge in [0.15, 0.2) is 0 Å². The van der Waals surface area contributed by atoms with Crippen LogP contribution in [0.3, 0.4) is 0 Å². The van der Waals surface area contributed by atoms with E-state index in [9.17, 15) is 0 Å². The molecule has 0 saturated carbocycles. The highest BCUT2D eigenvalue weighted by molar-refractivity contribution is 5.37. The molecule has 3 heteroatoms. The molecule has 0 unspecified atom stereocenters. The molecule has 0 aliphatic carbocycles. The van der Waals surface area contributed by atoms with Crippen LogP contribution in [0.5, 0.6) is 11.6 Å². The molecule has 0 radical (unpaired) electrons.